The molecular weight excluding hydrogens is 258 g/mol. The number of urea groups is 1. The van der Waals surface area contributed by atoms with Gasteiger partial charge in [0.15, 0.2) is 0 Å². The number of hydrogen-bond acceptors (Lipinski definition) is 3. The summed E-state index contributed by atoms with van der Waals surface area (Å²) in [6.45, 7) is -0.672. The van der Waals surface area contributed by atoms with Gasteiger partial charge >= 0.3 is 12.6 Å². The number of ether oxygens (including phenoxy) is 2. The molecule has 0 aliphatic heterocycles. The number of alkyl halides is 2. The maximum absolute atomic E-state index is 11.9. The van der Waals surface area contributed by atoms with Crippen molar-refractivity contribution in [2.24, 2.45) is 0 Å². The molecule has 1 rings (SSSR count). The maximum Gasteiger partial charge on any atom is 0.387 e. The van der Waals surface area contributed by atoms with Crippen LogP contribution in [-0.2, 0) is 4.74 Å². The zero-order chi connectivity index (χ0) is 14.3. The Kier molecular flexibility index (Phi) is 6.01. The van der Waals surface area contributed by atoms with Crippen LogP contribution in [0, 0.1) is 0 Å². The molecular formula is C12H16F2N2O3. The minimum atomic E-state index is -2.86. The van der Waals surface area contributed by atoms with Crippen LogP contribution in [0.2, 0.25) is 0 Å². The SMILES string of the molecule is COCC(C)NC(=O)Nc1ccc(OC(F)F)cc1. The van der Waals surface area contributed by atoms with Gasteiger partial charge in [-0.15, -0.1) is 0 Å². The fourth-order valence-corrected chi connectivity index (χ4v) is 1.40. The molecule has 0 bridgehead atoms. The monoisotopic (exact) mass is 274 g/mol. The van der Waals surface area contributed by atoms with Crippen molar-refractivity contribution in [3.63, 3.8) is 0 Å². The molecule has 1 unspecified atom stereocenters. The molecule has 2 amide bonds. The van der Waals surface area contributed by atoms with Crippen LogP contribution in [0.25, 0.3) is 0 Å². The van der Waals surface area contributed by atoms with E-state index in [2.05, 4.69) is 15.4 Å². The van der Waals surface area contributed by atoms with Crippen molar-refractivity contribution >= 4 is 11.7 Å². The number of benzene rings is 1. The van der Waals surface area contributed by atoms with Crippen LogP contribution in [0.1, 0.15) is 6.92 Å². The average Bonchev–Trinajstić information content (AvgIpc) is 2.31. The van der Waals surface area contributed by atoms with E-state index in [4.69, 9.17) is 4.74 Å². The van der Waals surface area contributed by atoms with Gasteiger partial charge in [-0.3, -0.25) is 0 Å². The van der Waals surface area contributed by atoms with Crippen molar-refractivity contribution in [2.75, 3.05) is 19.0 Å². The fraction of sp³-hybridized carbons (Fsp3) is 0.417. The topological polar surface area (TPSA) is 59.6 Å². The number of rotatable bonds is 6. The largest absolute Gasteiger partial charge is 0.435 e. The minimum Gasteiger partial charge on any atom is -0.435 e. The quantitative estimate of drug-likeness (QED) is 0.837. The van der Waals surface area contributed by atoms with Crippen molar-refractivity contribution < 1.29 is 23.0 Å². The van der Waals surface area contributed by atoms with E-state index in [9.17, 15) is 13.6 Å². The molecule has 0 radical (unpaired) electrons. The van der Waals surface area contributed by atoms with Crippen LogP contribution in [0.15, 0.2) is 24.3 Å². The highest BCUT2D eigenvalue weighted by molar-refractivity contribution is 5.89. The molecule has 1 aromatic rings. The van der Waals surface area contributed by atoms with Gasteiger partial charge < -0.3 is 20.1 Å². The first kappa shape index (κ1) is 15.2. The van der Waals surface area contributed by atoms with Crippen molar-refractivity contribution in [3.05, 3.63) is 24.3 Å². The lowest BCUT2D eigenvalue weighted by atomic mass is 10.3. The Balaban J connectivity index is 2.46. The van der Waals surface area contributed by atoms with Crippen LogP contribution in [-0.4, -0.2) is 32.4 Å². The highest BCUT2D eigenvalue weighted by atomic mass is 19.3. The lowest BCUT2D eigenvalue weighted by Crippen LogP contribution is -2.38. The van der Waals surface area contributed by atoms with Gasteiger partial charge in [-0.25, -0.2) is 4.79 Å². The Labute approximate surface area is 109 Å². The second kappa shape index (κ2) is 7.52. The summed E-state index contributed by atoms with van der Waals surface area (Å²) in [5.41, 5.74) is 0.476. The van der Waals surface area contributed by atoms with Crippen LogP contribution < -0.4 is 15.4 Å². The Hall–Kier alpha value is -1.89. The molecule has 7 heteroatoms. The lowest BCUT2D eigenvalue weighted by molar-refractivity contribution is -0.0498. The number of anilines is 1. The van der Waals surface area contributed by atoms with Gasteiger partial charge in [-0.2, -0.15) is 8.78 Å². The molecule has 2 N–H and O–H groups in total. The Bertz CT molecular complexity index is 398. The molecule has 0 aliphatic carbocycles. The molecule has 19 heavy (non-hydrogen) atoms. The summed E-state index contributed by atoms with van der Waals surface area (Å²) in [4.78, 5) is 11.5. The third-order valence-corrected chi connectivity index (χ3v) is 2.13. The Morgan fingerprint density at radius 3 is 2.47 bits per heavy atom. The van der Waals surface area contributed by atoms with Crippen LogP contribution >= 0.6 is 0 Å². The van der Waals surface area contributed by atoms with Crippen molar-refractivity contribution in [2.45, 2.75) is 19.6 Å². The first-order valence-corrected chi connectivity index (χ1v) is 5.62. The molecule has 5 nitrogen and oxygen atoms in total. The van der Waals surface area contributed by atoms with Crippen molar-refractivity contribution in [1.29, 1.82) is 0 Å². The predicted octanol–water partition coefficient (Wildman–Crippen LogP) is 2.44. The zero-order valence-electron chi connectivity index (χ0n) is 10.7. The fourth-order valence-electron chi connectivity index (χ4n) is 1.40. The molecule has 0 spiro atoms. The Morgan fingerprint density at radius 2 is 1.95 bits per heavy atom. The highest BCUT2D eigenvalue weighted by Gasteiger charge is 2.08. The zero-order valence-corrected chi connectivity index (χ0v) is 10.7. The van der Waals surface area contributed by atoms with Crippen LogP contribution in [0.5, 0.6) is 5.75 Å². The van der Waals surface area contributed by atoms with Crippen molar-refractivity contribution in [1.82, 2.24) is 5.32 Å². The summed E-state index contributed by atoms with van der Waals surface area (Å²) in [7, 11) is 1.54. The summed E-state index contributed by atoms with van der Waals surface area (Å²) in [6.07, 6.45) is 0. The van der Waals surface area contributed by atoms with E-state index in [1.54, 1.807) is 6.92 Å². The molecule has 0 aliphatic rings. The van der Waals surface area contributed by atoms with Gasteiger partial charge in [-0.1, -0.05) is 0 Å². The van der Waals surface area contributed by atoms with Crippen LogP contribution in [0.3, 0.4) is 0 Å². The van der Waals surface area contributed by atoms with Gasteiger partial charge in [0.05, 0.1) is 12.6 Å². The van der Waals surface area contributed by atoms with E-state index in [1.807, 2.05) is 0 Å². The summed E-state index contributed by atoms with van der Waals surface area (Å²) < 4.78 is 32.9. The predicted molar refractivity (Wildman–Crippen MR) is 66.6 cm³/mol. The smallest absolute Gasteiger partial charge is 0.387 e. The van der Waals surface area contributed by atoms with Gasteiger partial charge in [0.2, 0.25) is 0 Å². The second-order valence-electron chi connectivity index (χ2n) is 3.86. The molecule has 0 heterocycles. The third-order valence-electron chi connectivity index (χ3n) is 2.13. The molecule has 0 saturated heterocycles. The maximum atomic E-state index is 11.9. The Morgan fingerprint density at radius 1 is 1.32 bits per heavy atom. The second-order valence-corrected chi connectivity index (χ2v) is 3.86. The van der Waals surface area contributed by atoms with Crippen LogP contribution in [0.4, 0.5) is 19.3 Å². The lowest BCUT2D eigenvalue weighted by Gasteiger charge is -2.13. The van der Waals surface area contributed by atoms with Gasteiger partial charge in [0.1, 0.15) is 5.75 Å². The molecule has 106 valence electrons. The van der Waals surface area contributed by atoms with Gasteiger partial charge in [0.25, 0.3) is 0 Å². The first-order chi connectivity index (χ1) is 9.01. The van der Waals surface area contributed by atoms with E-state index in [-0.39, 0.29) is 11.8 Å². The number of amides is 2. The van der Waals surface area contributed by atoms with E-state index in [1.165, 1.54) is 31.4 Å². The summed E-state index contributed by atoms with van der Waals surface area (Å²) in [5.74, 6) is 0.0358. The van der Waals surface area contributed by atoms with E-state index >= 15 is 0 Å². The summed E-state index contributed by atoms with van der Waals surface area (Å²) in [6, 6.07) is 5.11. The molecule has 1 atom stereocenters. The van der Waals surface area contributed by atoms with E-state index in [0.29, 0.717) is 12.3 Å². The number of carbonyl (C=O) groups excluding carboxylic acids is 1. The number of carbonyl (C=O) groups is 1. The molecule has 0 saturated carbocycles. The van der Waals surface area contributed by atoms with Crippen molar-refractivity contribution in [3.8, 4) is 5.75 Å². The molecule has 1 aromatic carbocycles. The standard InChI is InChI=1S/C12H16F2N2O3/c1-8(7-18-2)15-12(17)16-9-3-5-10(6-4-9)19-11(13)14/h3-6,8,11H,7H2,1-2H3,(H2,15,16,17). The molecule has 0 fully saturated rings. The molecule has 0 aromatic heterocycles. The number of halogens is 2. The minimum absolute atomic E-state index is 0.0358. The summed E-state index contributed by atoms with van der Waals surface area (Å²) in [5, 5.41) is 5.21. The van der Waals surface area contributed by atoms with Gasteiger partial charge in [0, 0.05) is 12.8 Å². The number of methoxy groups -OCH3 is 1. The number of hydrogen-bond donors (Lipinski definition) is 2. The van der Waals surface area contributed by atoms with E-state index in [0.717, 1.165) is 0 Å². The first-order valence-electron chi connectivity index (χ1n) is 5.62. The third kappa shape index (κ3) is 6.01. The van der Waals surface area contributed by atoms with Gasteiger partial charge in [-0.05, 0) is 31.2 Å². The van der Waals surface area contributed by atoms with E-state index < -0.39 is 12.6 Å². The summed E-state index contributed by atoms with van der Waals surface area (Å²) >= 11 is 0. The number of nitrogens with one attached hydrogen (secondary N) is 2. The highest BCUT2D eigenvalue weighted by Crippen LogP contribution is 2.17. The normalized spacial score (nSPS) is 12.1. The average molecular weight is 274 g/mol.